The molecule has 0 unspecified atom stereocenters. The number of thiol groups is 1. The van der Waals surface area contributed by atoms with Gasteiger partial charge in [0.15, 0.2) is 0 Å². The van der Waals surface area contributed by atoms with Crippen molar-refractivity contribution in [2.24, 2.45) is 0 Å². The van der Waals surface area contributed by atoms with Crippen molar-refractivity contribution >= 4 is 12.6 Å². The summed E-state index contributed by atoms with van der Waals surface area (Å²) in [4.78, 5) is 3.41. The third kappa shape index (κ3) is 3.91. The molecule has 1 saturated heterocycles. The van der Waals surface area contributed by atoms with Crippen molar-refractivity contribution in [1.29, 1.82) is 0 Å². The van der Waals surface area contributed by atoms with Crippen molar-refractivity contribution in [3.63, 3.8) is 0 Å². The van der Waals surface area contributed by atoms with Crippen molar-refractivity contribution in [3.05, 3.63) is 24.3 Å². The fourth-order valence-corrected chi connectivity index (χ4v) is 2.10. The summed E-state index contributed by atoms with van der Waals surface area (Å²) in [6.07, 6.45) is 1.08. The minimum absolute atomic E-state index is 0.693. The summed E-state index contributed by atoms with van der Waals surface area (Å²) in [6.45, 7) is 4.26. The van der Waals surface area contributed by atoms with Gasteiger partial charge in [0.25, 0.3) is 0 Å². The van der Waals surface area contributed by atoms with Crippen molar-refractivity contribution in [2.45, 2.75) is 17.4 Å². The number of hydrogen-bond acceptors (Lipinski definition) is 4. The van der Waals surface area contributed by atoms with Gasteiger partial charge >= 0.3 is 0 Å². The minimum Gasteiger partial charge on any atom is -0.494 e. The Morgan fingerprint density at radius 1 is 1.35 bits per heavy atom. The predicted octanol–water partition coefficient (Wildman–Crippen LogP) is 1.65. The van der Waals surface area contributed by atoms with Crippen LogP contribution in [-0.4, -0.2) is 44.2 Å². The van der Waals surface area contributed by atoms with Crippen molar-refractivity contribution in [1.82, 2.24) is 10.2 Å². The Labute approximate surface area is 109 Å². The second kappa shape index (κ2) is 6.28. The third-order valence-electron chi connectivity index (χ3n) is 3.09. The Hall–Kier alpha value is -0.710. The Morgan fingerprint density at radius 3 is 2.71 bits per heavy atom. The average Bonchev–Trinajstić information content (AvgIpc) is 2.29. The van der Waals surface area contributed by atoms with Gasteiger partial charge in [0.05, 0.1) is 6.61 Å². The standard InChI is InChI=1S/C13H20N2OS/c1-14-11-9-15(10-11)7-2-8-16-12-3-5-13(17)6-4-12/h3-6,11,14,17H,2,7-10H2,1H3. The smallest absolute Gasteiger partial charge is 0.119 e. The van der Waals surface area contributed by atoms with Crippen LogP contribution in [0.3, 0.4) is 0 Å². The molecular formula is C13H20N2OS. The maximum absolute atomic E-state index is 5.66. The first kappa shape index (κ1) is 12.7. The number of likely N-dealkylation sites (N-methyl/N-ethyl adjacent to an activating group) is 1. The van der Waals surface area contributed by atoms with Crippen LogP contribution < -0.4 is 10.1 Å². The van der Waals surface area contributed by atoms with Gasteiger partial charge in [0, 0.05) is 30.6 Å². The summed E-state index contributed by atoms with van der Waals surface area (Å²) in [5, 5.41) is 3.27. The maximum Gasteiger partial charge on any atom is 0.119 e. The Bertz CT molecular complexity index is 336. The Kier molecular flexibility index (Phi) is 4.71. The van der Waals surface area contributed by atoms with Crippen LogP contribution in [0.15, 0.2) is 29.2 Å². The molecule has 1 aromatic rings. The van der Waals surface area contributed by atoms with Crippen LogP contribution in [0.25, 0.3) is 0 Å². The molecule has 0 amide bonds. The molecule has 0 spiro atoms. The lowest BCUT2D eigenvalue weighted by Crippen LogP contribution is -2.57. The molecule has 1 N–H and O–H groups in total. The summed E-state index contributed by atoms with van der Waals surface area (Å²) in [5.41, 5.74) is 0. The molecule has 0 radical (unpaired) electrons. The van der Waals surface area contributed by atoms with Gasteiger partial charge in [0.2, 0.25) is 0 Å². The highest BCUT2D eigenvalue weighted by molar-refractivity contribution is 7.80. The van der Waals surface area contributed by atoms with Crippen LogP contribution in [0.1, 0.15) is 6.42 Å². The van der Waals surface area contributed by atoms with E-state index in [9.17, 15) is 0 Å². The van der Waals surface area contributed by atoms with Crippen LogP contribution in [0, 0.1) is 0 Å². The molecule has 1 aromatic carbocycles. The van der Waals surface area contributed by atoms with E-state index in [0.29, 0.717) is 6.04 Å². The second-order valence-corrected chi connectivity index (χ2v) is 4.96. The minimum atomic E-state index is 0.693. The number of benzene rings is 1. The number of hydrogen-bond donors (Lipinski definition) is 2. The van der Waals surface area contributed by atoms with E-state index >= 15 is 0 Å². The second-order valence-electron chi connectivity index (χ2n) is 4.44. The van der Waals surface area contributed by atoms with Crippen LogP contribution in [0.2, 0.25) is 0 Å². The van der Waals surface area contributed by atoms with E-state index in [4.69, 9.17) is 4.74 Å². The molecule has 94 valence electrons. The van der Waals surface area contributed by atoms with Crippen LogP contribution in [0.4, 0.5) is 0 Å². The van der Waals surface area contributed by atoms with E-state index in [0.717, 1.165) is 30.2 Å². The van der Waals surface area contributed by atoms with Crippen LogP contribution in [-0.2, 0) is 0 Å². The quantitative estimate of drug-likeness (QED) is 0.595. The summed E-state index contributed by atoms with van der Waals surface area (Å²) in [7, 11) is 2.02. The monoisotopic (exact) mass is 252 g/mol. The lowest BCUT2D eigenvalue weighted by molar-refractivity contribution is 0.122. The number of nitrogens with zero attached hydrogens (tertiary/aromatic N) is 1. The fourth-order valence-electron chi connectivity index (χ4n) is 1.96. The van der Waals surface area contributed by atoms with Crippen LogP contribution in [0.5, 0.6) is 5.75 Å². The molecule has 2 rings (SSSR count). The fraction of sp³-hybridized carbons (Fsp3) is 0.538. The van der Waals surface area contributed by atoms with E-state index < -0.39 is 0 Å². The van der Waals surface area contributed by atoms with Crippen LogP contribution >= 0.6 is 12.6 Å². The highest BCUT2D eigenvalue weighted by Crippen LogP contribution is 2.14. The van der Waals surface area contributed by atoms with E-state index in [-0.39, 0.29) is 0 Å². The Balaban J connectivity index is 1.56. The first-order valence-corrected chi connectivity index (χ1v) is 6.54. The molecule has 0 aliphatic carbocycles. The first-order chi connectivity index (χ1) is 8.28. The number of nitrogens with one attached hydrogen (secondary N) is 1. The number of likely N-dealkylation sites (tertiary alicyclic amines) is 1. The van der Waals surface area contributed by atoms with Gasteiger partial charge in [-0.05, 0) is 37.7 Å². The summed E-state index contributed by atoms with van der Waals surface area (Å²) < 4.78 is 5.66. The zero-order valence-electron chi connectivity index (χ0n) is 10.2. The largest absolute Gasteiger partial charge is 0.494 e. The van der Waals surface area contributed by atoms with Gasteiger partial charge in [-0.3, -0.25) is 0 Å². The van der Waals surface area contributed by atoms with Gasteiger partial charge in [-0.15, -0.1) is 12.6 Å². The molecule has 0 aromatic heterocycles. The number of ether oxygens (including phenoxy) is 1. The van der Waals surface area contributed by atoms with Gasteiger partial charge in [-0.2, -0.15) is 0 Å². The van der Waals surface area contributed by atoms with E-state index in [1.165, 1.54) is 13.1 Å². The van der Waals surface area contributed by atoms with E-state index in [1.807, 2.05) is 31.3 Å². The topological polar surface area (TPSA) is 24.5 Å². The zero-order chi connectivity index (χ0) is 12.1. The van der Waals surface area contributed by atoms with Gasteiger partial charge in [-0.25, -0.2) is 0 Å². The van der Waals surface area contributed by atoms with Gasteiger partial charge in [-0.1, -0.05) is 0 Å². The predicted molar refractivity (Wildman–Crippen MR) is 73.1 cm³/mol. The van der Waals surface area contributed by atoms with E-state index in [2.05, 4.69) is 22.8 Å². The molecule has 1 aliphatic rings. The average molecular weight is 252 g/mol. The molecule has 1 fully saturated rings. The third-order valence-corrected chi connectivity index (χ3v) is 3.39. The molecule has 0 saturated carbocycles. The first-order valence-electron chi connectivity index (χ1n) is 6.09. The lowest BCUT2D eigenvalue weighted by Gasteiger charge is -2.39. The lowest BCUT2D eigenvalue weighted by atomic mass is 10.1. The summed E-state index contributed by atoms with van der Waals surface area (Å²) in [5.74, 6) is 0.930. The highest BCUT2D eigenvalue weighted by atomic mass is 32.1. The molecule has 1 heterocycles. The number of rotatable bonds is 6. The SMILES string of the molecule is CNC1CN(CCCOc2ccc(S)cc2)C1. The van der Waals surface area contributed by atoms with Gasteiger partial charge < -0.3 is 15.0 Å². The van der Waals surface area contributed by atoms with Crippen molar-refractivity contribution < 1.29 is 4.74 Å². The molecule has 4 heteroatoms. The van der Waals surface area contributed by atoms with Crippen molar-refractivity contribution in [3.8, 4) is 5.75 Å². The molecule has 1 aliphatic heterocycles. The Morgan fingerprint density at radius 2 is 2.06 bits per heavy atom. The maximum atomic E-state index is 5.66. The van der Waals surface area contributed by atoms with Gasteiger partial charge in [0.1, 0.15) is 5.75 Å². The molecule has 0 bridgehead atoms. The summed E-state index contributed by atoms with van der Waals surface area (Å²) in [6, 6.07) is 8.52. The highest BCUT2D eigenvalue weighted by Gasteiger charge is 2.23. The molecule has 3 nitrogen and oxygen atoms in total. The molecule has 0 atom stereocenters. The molecular weight excluding hydrogens is 232 g/mol. The van der Waals surface area contributed by atoms with E-state index in [1.54, 1.807) is 0 Å². The molecule has 17 heavy (non-hydrogen) atoms. The normalized spacial score (nSPS) is 16.8. The summed E-state index contributed by atoms with van der Waals surface area (Å²) >= 11 is 4.24. The zero-order valence-corrected chi connectivity index (χ0v) is 11.1. The van der Waals surface area contributed by atoms with Crippen molar-refractivity contribution in [2.75, 3.05) is 33.3 Å².